The number of methoxy groups -OCH3 is 1. The number of rotatable bonds is 5. The number of nitrogens with one attached hydrogen (secondary N) is 1. The molecule has 4 rings (SSSR count). The number of ether oxygens (including phenoxy) is 1. The molecule has 0 bridgehead atoms. The lowest BCUT2D eigenvalue weighted by Crippen LogP contribution is -2.31. The zero-order valence-corrected chi connectivity index (χ0v) is 17.8. The van der Waals surface area contributed by atoms with Crippen LogP contribution in [-0.4, -0.2) is 31.6 Å². The number of urea groups is 1. The van der Waals surface area contributed by atoms with Crippen molar-refractivity contribution in [3.05, 3.63) is 75.7 Å². The zero-order valence-electron chi connectivity index (χ0n) is 17.0. The number of halogens is 1. The Bertz CT molecular complexity index is 1040. The van der Waals surface area contributed by atoms with E-state index in [9.17, 15) is 9.18 Å². The second-order valence-electron chi connectivity index (χ2n) is 7.34. The quantitative estimate of drug-likeness (QED) is 0.617. The topological polar surface area (TPSA) is 44.8 Å². The van der Waals surface area contributed by atoms with Gasteiger partial charge in [0.15, 0.2) is 11.6 Å². The predicted octanol–water partition coefficient (Wildman–Crippen LogP) is 5.12. The van der Waals surface area contributed by atoms with Crippen LogP contribution in [0.5, 0.6) is 5.75 Å². The van der Waals surface area contributed by atoms with Crippen LogP contribution in [0.15, 0.2) is 53.9 Å². The number of carbonyl (C=O) groups is 1. The van der Waals surface area contributed by atoms with Gasteiger partial charge in [0.25, 0.3) is 0 Å². The lowest BCUT2D eigenvalue weighted by molar-refractivity contribution is 0.220. The molecule has 2 aromatic carbocycles. The predicted molar refractivity (Wildman–Crippen MR) is 119 cm³/mol. The van der Waals surface area contributed by atoms with E-state index < -0.39 is 5.82 Å². The van der Waals surface area contributed by atoms with E-state index >= 15 is 0 Å². The molecule has 1 aliphatic rings. The van der Waals surface area contributed by atoms with Crippen LogP contribution in [-0.2, 0) is 19.5 Å². The van der Waals surface area contributed by atoms with Gasteiger partial charge < -0.3 is 19.9 Å². The Labute approximate surface area is 179 Å². The van der Waals surface area contributed by atoms with Crippen molar-refractivity contribution in [2.24, 2.45) is 0 Å². The van der Waals surface area contributed by atoms with Crippen molar-refractivity contribution in [3.8, 4) is 5.75 Å². The van der Waals surface area contributed by atoms with Gasteiger partial charge in [-0.15, -0.1) is 11.3 Å². The third kappa shape index (κ3) is 4.41. The Morgan fingerprint density at radius 3 is 2.77 bits per heavy atom. The molecule has 1 N–H and O–H groups in total. The Morgan fingerprint density at radius 1 is 1.23 bits per heavy atom. The minimum absolute atomic E-state index is 0.190. The Balaban J connectivity index is 1.35. The average Bonchev–Trinajstić information content (AvgIpc) is 3.22. The van der Waals surface area contributed by atoms with Crippen molar-refractivity contribution in [1.82, 2.24) is 4.90 Å². The molecule has 0 spiro atoms. The monoisotopic (exact) mass is 425 g/mol. The molecule has 5 nitrogen and oxygen atoms in total. The highest BCUT2D eigenvalue weighted by Gasteiger charge is 2.17. The largest absolute Gasteiger partial charge is 0.494 e. The number of hydrogen-bond donors (Lipinski definition) is 1. The smallest absolute Gasteiger partial charge is 0.321 e. The van der Waals surface area contributed by atoms with Crippen molar-refractivity contribution >= 4 is 28.7 Å². The Kier molecular flexibility index (Phi) is 5.90. The average molecular weight is 426 g/mol. The molecule has 1 aromatic heterocycles. The molecule has 3 aromatic rings. The van der Waals surface area contributed by atoms with Crippen molar-refractivity contribution in [1.29, 1.82) is 0 Å². The molecule has 0 saturated carbocycles. The van der Waals surface area contributed by atoms with E-state index in [1.807, 2.05) is 35.6 Å². The Hall–Kier alpha value is -3.06. The van der Waals surface area contributed by atoms with E-state index in [4.69, 9.17) is 4.74 Å². The normalized spacial score (nSPS) is 13.0. The SMILES string of the molecule is COc1ccc(CN(C)C(=O)Nc2ccc(N3CCc4sccc4C3)cc2)cc1F. The molecule has 0 fully saturated rings. The molecule has 0 radical (unpaired) electrons. The van der Waals surface area contributed by atoms with E-state index in [2.05, 4.69) is 21.7 Å². The number of nitrogens with zero attached hydrogens (tertiary/aromatic N) is 2. The summed E-state index contributed by atoms with van der Waals surface area (Å²) in [5.74, 6) is -0.249. The molecule has 0 aliphatic carbocycles. The van der Waals surface area contributed by atoms with E-state index in [1.54, 1.807) is 19.2 Å². The lowest BCUT2D eigenvalue weighted by Gasteiger charge is -2.29. The van der Waals surface area contributed by atoms with Gasteiger partial charge >= 0.3 is 6.03 Å². The zero-order chi connectivity index (χ0) is 21.1. The van der Waals surface area contributed by atoms with Crippen LogP contribution in [0.1, 0.15) is 16.0 Å². The van der Waals surface area contributed by atoms with Gasteiger partial charge in [0.2, 0.25) is 0 Å². The highest BCUT2D eigenvalue weighted by molar-refractivity contribution is 7.10. The van der Waals surface area contributed by atoms with Gasteiger partial charge in [0.05, 0.1) is 7.11 Å². The van der Waals surface area contributed by atoms with E-state index in [-0.39, 0.29) is 11.8 Å². The van der Waals surface area contributed by atoms with Crippen molar-refractivity contribution in [2.75, 3.05) is 30.9 Å². The summed E-state index contributed by atoms with van der Waals surface area (Å²) < 4.78 is 18.8. The summed E-state index contributed by atoms with van der Waals surface area (Å²) in [7, 11) is 3.10. The standard InChI is InChI=1S/C23H24FN3O2S/c1-26(14-16-3-8-21(29-2)20(24)13-16)23(28)25-18-4-6-19(7-5-18)27-11-9-22-17(15-27)10-12-30-22/h3-8,10,12-13H,9,11,14-15H2,1-2H3,(H,25,28). The summed E-state index contributed by atoms with van der Waals surface area (Å²) in [4.78, 5) is 17.9. The minimum atomic E-state index is -0.438. The summed E-state index contributed by atoms with van der Waals surface area (Å²) >= 11 is 1.83. The maximum atomic E-state index is 13.9. The van der Waals surface area contributed by atoms with E-state index in [1.165, 1.54) is 28.5 Å². The number of thiophene rings is 1. The number of hydrogen-bond acceptors (Lipinski definition) is 4. The fraction of sp³-hybridized carbons (Fsp3) is 0.261. The van der Waals surface area contributed by atoms with Crippen LogP contribution in [0, 0.1) is 5.82 Å². The second kappa shape index (κ2) is 8.75. The maximum absolute atomic E-state index is 13.9. The van der Waals surface area contributed by atoms with Gasteiger partial charge in [0, 0.05) is 42.9 Å². The lowest BCUT2D eigenvalue weighted by atomic mass is 10.1. The third-order valence-corrected chi connectivity index (χ3v) is 6.30. The fourth-order valence-electron chi connectivity index (χ4n) is 3.60. The van der Waals surface area contributed by atoms with Crippen LogP contribution in [0.25, 0.3) is 0 Å². The van der Waals surface area contributed by atoms with Crippen molar-refractivity contribution in [3.63, 3.8) is 0 Å². The van der Waals surface area contributed by atoms with Gasteiger partial charge in [-0.2, -0.15) is 0 Å². The molecule has 2 heterocycles. The van der Waals surface area contributed by atoms with Gasteiger partial charge in [-0.1, -0.05) is 6.07 Å². The van der Waals surface area contributed by atoms with Gasteiger partial charge in [-0.05, 0) is 65.4 Å². The number of anilines is 2. The van der Waals surface area contributed by atoms with E-state index in [0.717, 1.165) is 30.9 Å². The second-order valence-corrected chi connectivity index (χ2v) is 8.34. The van der Waals surface area contributed by atoms with Gasteiger partial charge in [0.1, 0.15) is 0 Å². The van der Waals surface area contributed by atoms with Crippen LogP contribution in [0.4, 0.5) is 20.6 Å². The molecular weight excluding hydrogens is 401 g/mol. The molecule has 156 valence electrons. The first-order chi connectivity index (χ1) is 14.5. The van der Waals surface area contributed by atoms with Crippen LogP contribution in [0.3, 0.4) is 0 Å². The van der Waals surface area contributed by atoms with Crippen molar-refractivity contribution in [2.45, 2.75) is 19.5 Å². The number of carbonyl (C=O) groups excluding carboxylic acids is 1. The van der Waals surface area contributed by atoms with Gasteiger partial charge in [-0.3, -0.25) is 0 Å². The van der Waals surface area contributed by atoms with Crippen LogP contribution in [0.2, 0.25) is 0 Å². The van der Waals surface area contributed by atoms with Gasteiger partial charge in [-0.25, -0.2) is 9.18 Å². The molecule has 30 heavy (non-hydrogen) atoms. The Morgan fingerprint density at radius 2 is 2.03 bits per heavy atom. The highest BCUT2D eigenvalue weighted by Crippen LogP contribution is 2.28. The molecule has 2 amide bonds. The first-order valence-electron chi connectivity index (χ1n) is 9.78. The first-order valence-corrected chi connectivity index (χ1v) is 10.7. The third-order valence-electron chi connectivity index (χ3n) is 5.27. The number of fused-ring (bicyclic) bond motifs is 1. The highest BCUT2D eigenvalue weighted by atomic mass is 32.1. The molecule has 0 unspecified atom stereocenters. The number of benzene rings is 2. The molecule has 1 aliphatic heterocycles. The first kappa shape index (κ1) is 20.2. The molecule has 0 atom stereocenters. The summed E-state index contributed by atoms with van der Waals surface area (Å²) in [6.07, 6.45) is 1.07. The summed E-state index contributed by atoms with van der Waals surface area (Å²) in [6.45, 7) is 2.22. The summed E-state index contributed by atoms with van der Waals surface area (Å²) in [6, 6.07) is 14.5. The van der Waals surface area contributed by atoms with Crippen LogP contribution >= 0.6 is 11.3 Å². The number of amides is 2. The van der Waals surface area contributed by atoms with E-state index in [0.29, 0.717) is 12.1 Å². The van der Waals surface area contributed by atoms with Crippen molar-refractivity contribution < 1.29 is 13.9 Å². The molecular formula is C23H24FN3O2S. The fourth-order valence-corrected chi connectivity index (χ4v) is 4.49. The summed E-state index contributed by atoms with van der Waals surface area (Å²) in [5.41, 5.74) is 3.97. The minimum Gasteiger partial charge on any atom is -0.494 e. The molecule has 0 saturated heterocycles. The van der Waals surface area contributed by atoms with Crippen LogP contribution < -0.4 is 15.0 Å². The maximum Gasteiger partial charge on any atom is 0.321 e. The molecule has 7 heteroatoms. The summed E-state index contributed by atoms with van der Waals surface area (Å²) in [5, 5.41) is 5.05.